The van der Waals surface area contributed by atoms with Crippen LogP contribution in [0.3, 0.4) is 0 Å². The highest BCUT2D eigenvalue weighted by molar-refractivity contribution is 8.14. The SMILES string of the molecule is C#Cc1ccc(Cn2cc(C(F)SC(=O)c3ccccc3)nn2)cc1. The zero-order valence-corrected chi connectivity index (χ0v) is 14.0. The zero-order chi connectivity index (χ0) is 17.6. The number of hydrogen-bond donors (Lipinski definition) is 0. The van der Waals surface area contributed by atoms with Gasteiger partial charge in [0.2, 0.25) is 5.12 Å². The molecule has 1 aromatic heterocycles. The minimum atomic E-state index is -1.56. The Morgan fingerprint density at radius 1 is 1.20 bits per heavy atom. The van der Waals surface area contributed by atoms with Crippen LogP contribution in [0.1, 0.15) is 32.7 Å². The summed E-state index contributed by atoms with van der Waals surface area (Å²) >= 11 is 0.587. The summed E-state index contributed by atoms with van der Waals surface area (Å²) in [6.45, 7) is 0.446. The molecular formula is C19H14FN3OS. The summed E-state index contributed by atoms with van der Waals surface area (Å²) in [6.07, 6.45) is 6.83. The Labute approximate surface area is 149 Å². The highest BCUT2D eigenvalue weighted by Crippen LogP contribution is 2.31. The van der Waals surface area contributed by atoms with Gasteiger partial charge in [-0.15, -0.1) is 11.5 Å². The van der Waals surface area contributed by atoms with Crippen molar-refractivity contribution in [3.63, 3.8) is 0 Å². The van der Waals surface area contributed by atoms with Crippen LogP contribution in [0, 0.1) is 12.3 Å². The summed E-state index contributed by atoms with van der Waals surface area (Å²) in [6, 6.07) is 16.0. The average Bonchev–Trinajstić information content (AvgIpc) is 3.12. The van der Waals surface area contributed by atoms with Crippen molar-refractivity contribution < 1.29 is 9.18 Å². The van der Waals surface area contributed by atoms with Gasteiger partial charge < -0.3 is 0 Å². The van der Waals surface area contributed by atoms with Gasteiger partial charge >= 0.3 is 0 Å². The Hall–Kier alpha value is -2.91. The number of benzene rings is 2. The number of aromatic nitrogens is 3. The normalized spacial score (nSPS) is 11.7. The molecule has 2 aromatic carbocycles. The first-order chi connectivity index (χ1) is 12.2. The molecule has 0 aliphatic heterocycles. The number of alkyl halides is 1. The van der Waals surface area contributed by atoms with Crippen molar-refractivity contribution >= 4 is 16.9 Å². The van der Waals surface area contributed by atoms with E-state index in [0.29, 0.717) is 23.9 Å². The molecule has 3 aromatic rings. The second-order valence-electron chi connectivity index (χ2n) is 5.27. The topological polar surface area (TPSA) is 47.8 Å². The van der Waals surface area contributed by atoms with Crippen molar-refractivity contribution in [1.29, 1.82) is 0 Å². The lowest BCUT2D eigenvalue weighted by atomic mass is 10.1. The van der Waals surface area contributed by atoms with E-state index in [4.69, 9.17) is 6.42 Å². The van der Waals surface area contributed by atoms with Gasteiger partial charge in [0, 0.05) is 11.1 Å². The van der Waals surface area contributed by atoms with E-state index in [-0.39, 0.29) is 10.8 Å². The number of hydrogen-bond acceptors (Lipinski definition) is 4. The molecule has 0 N–H and O–H groups in total. The van der Waals surface area contributed by atoms with Crippen LogP contribution in [0.5, 0.6) is 0 Å². The highest BCUT2D eigenvalue weighted by atomic mass is 32.2. The molecular weight excluding hydrogens is 337 g/mol. The number of thioether (sulfide) groups is 1. The third-order valence-corrected chi connectivity index (χ3v) is 4.37. The highest BCUT2D eigenvalue weighted by Gasteiger charge is 2.20. The summed E-state index contributed by atoms with van der Waals surface area (Å²) in [4.78, 5) is 12.0. The maximum absolute atomic E-state index is 14.3. The number of carbonyl (C=O) groups excluding carboxylic acids is 1. The predicted molar refractivity (Wildman–Crippen MR) is 95.7 cm³/mol. The summed E-state index contributed by atoms with van der Waals surface area (Å²) in [5.41, 5.74) is 0.775. The van der Waals surface area contributed by atoms with E-state index in [2.05, 4.69) is 16.2 Å². The molecule has 0 amide bonds. The van der Waals surface area contributed by atoms with Gasteiger partial charge in [-0.1, -0.05) is 53.6 Å². The summed E-state index contributed by atoms with van der Waals surface area (Å²) < 4.78 is 15.9. The van der Waals surface area contributed by atoms with E-state index in [1.54, 1.807) is 30.3 Å². The van der Waals surface area contributed by atoms with Crippen LogP contribution in [0.15, 0.2) is 60.8 Å². The Morgan fingerprint density at radius 3 is 2.60 bits per heavy atom. The van der Waals surface area contributed by atoms with Gasteiger partial charge in [0.1, 0.15) is 5.69 Å². The van der Waals surface area contributed by atoms with Crippen LogP contribution >= 0.6 is 11.8 Å². The molecule has 124 valence electrons. The van der Waals surface area contributed by atoms with E-state index in [1.165, 1.54) is 10.9 Å². The molecule has 0 aliphatic carbocycles. The van der Waals surface area contributed by atoms with E-state index >= 15 is 0 Å². The first-order valence-electron chi connectivity index (χ1n) is 7.51. The molecule has 0 fully saturated rings. The summed E-state index contributed by atoms with van der Waals surface area (Å²) in [5.74, 6) is 2.55. The van der Waals surface area contributed by atoms with Crippen molar-refractivity contribution in [2.24, 2.45) is 0 Å². The van der Waals surface area contributed by atoms with Gasteiger partial charge in [-0.3, -0.25) is 4.79 Å². The summed E-state index contributed by atoms with van der Waals surface area (Å²) in [7, 11) is 0. The molecule has 4 nitrogen and oxygen atoms in total. The Bertz CT molecular complexity index is 900. The Morgan fingerprint density at radius 2 is 1.92 bits per heavy atom. The lowest BCUT2D eigenvalue weighted by Crippen LogP contribution is -2.00. The van der Waals surface area contributed by atoms with Crippen molar-refractivity contribution in [2.45, 2.75) is 12.0 Å². The van der Waals surface area contributed by atoms with Crippen molar-refractivity contribution in [3.8, 4) is 12.3 Å². The van der Waals surface area contributed by atoms with Gasteiger partial charge in [0.25, 0.3) is 0 Å². The number of halogens is 1. The fraction of sp³-hybridized carbons (Fsp3) is 0.105. The Balaban J connectivity index is 1.64. The largest absolute Gasteiger partial charge is 0.281 e. The molecule has 25 heavy (non-hydrogen) atoms. The quantitative estimate of drug-likeness (QED) is 0.655. The van der Waals surface area contributed by atoms with Crippen LogP contribution < -0.4 is 0 Å². The van der Waals surface area contributed by atoms with Crippen LogP contribution in [-0.4, -0.2) is 20.1 Å². The molecule has 0 saturated heterocycles. The first kappa shape index (κ1) is 16.9. The smallest absolute Gasteiger partial charge is 0.222 e. The number of rotatable bonds is 5. The van der Waals surface area contributed by atoms with Crippen LogP contribution in [-0.2, 0) is 6.54 Å². The third-order valence-electron chi connectivity index (χ3n) is 3.47. The van der Waals surface area contributed by atoms with Crippen LogP contribution in [0.2, 0.25) is 0 Å². The third kappa shape index (κ3) is 4.34. The van der Waals surface area contributed by atoms with Gasteiger partial charge in [0.15, 0.2) is 5.50 Å². The van der Waals surface area contributed by atoms with Crippen LogP contribution in [0.4, 0.5) is 4.39 Å². The minimum absolute atomic E-state index is 0.120. The predicted octanol–water partition coefficient (Wildman–Crippen LogP) is 3.85. The molecule has 6 heteroatoms. The van der Waals surface area contributed by atoms with E-state index < -0.39 is 5.50 Å². The lowest BCUT2D eigenvalue weighted by molar-refractivity contribution is 0.108. The molecule has 1 heterocycles. The monoisotopic (exact) mass is 351 g/mol. The first-order valence-corrected chi connectivity index (χ1v) is 8.39. The molecule has 0 aliphatic rings. The minimum Gasteiger partial charge on any atom is -0.281 e. The molecule has 1 atom stereocenters. The number of terminal acetylenes is 1. The molecule has 1 unspecified atom stereocenters. The fourth-order valence-electron chi connectivity index (χ4n) is 2.18. The van der Waals surface area contributed by atoms with Crippen LogP contribution in [0.25, 0.3) is 0 Å². The fourth-order valence-corrected chi connectivity index (χ4v) is 2.87. The maximum atomic E-state index is 14.3. The van der Waals surface area contributed by atoms with E-state index in [1.807, 2.05) is 24.3 Å². The van der Waals surface area contributed by atoms with E-state index in [9.17, 15) is 9.18 Å². The number of carbonyl (C=O) groups is 1. The zero-order valence-electron chi connectivity index (χ0n) is 13.2. The van der Waals surface area contributed by atoms with Gasteiger partial charge in [-0.25, -0.2) is 9.07 Å². The standard InChI is InChI=1S/C19H14FN3OS/c1-2-14-8-10-15(11-9-14)12-23-13-17(21-22-23)18(20)25-19(24)16-6-4-3-5-7-16/h1,3-11,13,18H,12H2. The van der Waals surface area contributed by atoms with Crippen molar-refractivity contribution in [2.75, 3.05) is 0 Å². The van der Waals surface area contributed by atoms with Gasteiger partial charge in [0.05, 0.1) is 12.7 Å². The van der Waals surface area contributed by atoms with Gasteiger partial charge in [-0.05, 0) is 29.5 Å². The van der Waals surface area contributed by atoms with E-state index in [0.717, 1.165) is 11.1 Å². The second kappa shape index (κ2) is 7.77. The number of nitrogens with zero attached hydrogens (tertiary/aromatic N) is 3. The maximum Gasteiger partial charge on any atom is 0.222 e. The second-order valence-corrected chi connectivity index (χ2v) is 6.29. The van der Waals surface area contributed by atoms with Crippen molar-refractivity contribution in [1.82, 2.24) is 15.0 Å². The molecule has 0 bridgehead atoms. The summed E-state index contributed by atoms with van der Waals surface area (Å²) in [5, 5.41) is 7.40. The molecule has 0 radical (unpaired) electrons. The molecule has 0 spiro atoms. The lowest BCUT2D eigenvalue weighted by Gasteiger charge is -2.03. The molecule has 3 rings (SSSR count). The molecule has 0 saturated carbocycles. The average molecular weight is 351 g/mol. The van der Waals surface area contributed by atoms with Gasteiger partial charge in [-0.2, -0.15) is 0 Å². The van der Waals surface area contributed by atoms with Crippen molar-refractivity contribution in [3.05, 3.63) is 83.2 Å². The Kier molecular flexibility index (Phi) is 5.26.